The topological polar surface area (TPSA) is 46.2 Å². The van der Waals surface area contributed by atoms with E-state index in [1.165, 1.54) is 0 Å². The summed E-state index contributed by atoms with van der Waals surface area (Å²) in [6.07, 6.45) is -0.361. The van der Waals surface area contributed by atoms with Crippen LogP contribution in [0, 0.1) is 11.8 Å². The standard InChI is InChI=1S/C8H19NO/c1-5(2)6(3)8(10)7(4)9/h5-8,10H,9H2,1-4H3. The van der Waals surface area contributed by atoms with Crippen LogP contribution in [0.25, 0.3) is 0 Å². The lowest BCUT2D eigenvalue weighted by Crippen LogP contribution is -2.38. The number of nitrogens with two attached hydrogens (primary N) is 1. The molecule has 62 valence electrons. The van der Waals surface area contributed by atoms with Gasteiger partial charge in [-0.25, -0.2) is 0 Å². The molecule has 3 unspecified atom stereocenters. The van der Waals surface area contributed by atoms with E-state index in [0.717, 1.165) is 0 Å². The molecule has 2 heteroatoms. The second kappa shape index (κ2) is 3.94. The molecule has 0 heterocycles. The maximum absolute atomic E-state index is 9.44. The average molecular weight is 145 g/mol. The molecule has 0 aliphatic carbocycles. The first-order chi connectivity index (χ1) is 4.46. The van der Waals surface area contributed by atoms with Crippen molar-refractivity contribution < 1.29 is 5.11 Å². The third-order valence-corrected chi connectivity index (χ3v) is 2.13. The average Bonchev–Trinajstić information content (AvgIpc) is 1.84. The molecule has 0 saturated carbocycles. The van der Waals surface area contributed by atoms with Crippen molar-refractivity contribution in [1.82, 2.24) is 0 Å². The summed E-state index contributed by atoms with van der Waals surface area (Å²) in [6, 6.07) is -0.114. The first-order valence-electron chi connectivity index (χ1n) is 3.90. The number of hydrogen-bond donors (Lipinski definition) is 2. The molecule has 0 aromatic heterocycles. The van der Waals surface area contributed by atoms with Gasteiger partial charge in [0.15, 0.2) is 0 Å². The van der Waals surface area contributed by atoms with Crippen LogP contribution >= 0.6 is 0 Å². The highest BCUT2D eigenvalue weighted by Gasteiger charge is 2.20. The summed E-state index contributed by atoms with van der Waals surface area (Å²) in [5.41, 5.74) is 5.52. The van der Waals surface area contributed by atoms with Crippen LogP contribution in [0.1, 0.15) is 27.7 Å². The molecule has 2 nitrogen and oxygen atoms in total. The number of aliphatic hydroxyl groups excluding tert-OH is 1. The first kappa shape index (κ1) is 9.92. The van der Waals surface area contributed by atoms with Crippen LogP contribution in [-0.2, 0) is 0 Å². The van der Waals surface area contributed by atoms with Crippen molar-refractivity contribution in [2.24, 2.45) is 17.6 Å². The molecule has 0 aromatic carbocycles. The van der Waals surface area contributed by atoms with Gasteiger partial charge < -0.3 is 10.8 Å². The van der Waals surface area contributed by atoms with E-state index >= 15 is 0 Å². The van der Waals surface area contributed by atoms with Gasteiger partial charge in [0.25, 0.3) is 0 Å². The minimum atomic E-state index is -0.361. The maximum Gasteiger partial charge on any atom is 0.0716 e. The Bertz CT molecular complexity index is 79.3. The zero-order chi connectivity index (χ0) is 8.31. The van der Waals surface area contributed by atoms with E-state index in [4.69, 9.17) is 5.73 Å². The molecule has 0 aliphatic heterocycles. The van der Waals surface area contributed by atoms with Gasteiger partial charge in [0.05, 0.1) is 6.10 Å². The normalized spacial score (nSPS) is 20.7. The van der Waals surface area contributed by atoms with E-state index in [1.807, 2.05) is 13.8 Å². The second-order valence-corrected chi connectivity index (χ2v) is 3.45. The second-order valence-electron chi connectivity index (χ2n) is 3.45. The minimum absolute atomic E-state index is 0.114. The van der Waals surface area contributed by atoms with Crippen LogP contribution in [-0.4, -0.2) is 17.3 Å². The van der Waals surface area contributed by atoms with E-state index < -0.39 is 0 Å². The Labute approximate surface area is 63.4 Å². The van der Waals surface area contributed by atoms with Crippen LogP contribution in [0.4, 0.5) is 0 Å². The van der Waals surface area contributed by atoms with Crippen LogP contribution in [0.3, 0.4) is 0 Å². The summed E-state index contributed by atoms with van der Waals surface area (Å²) in [5, 5.41) is 9.44. The third kappa shape index (κ3) is 2.67. The Morgan fingerprint density at radius 1 is 1.10 bits per heavy atom. The van der Waals surface area contributed by atoms with E-state index in [9.17, 15) is 5.11 Å². The Morgan fingerprint density at radius 2 is 1.50 bits per heavy atom. The Hall–Kier alpha value is -0.0800. The van der Waals surface area contributed by atoms with Gasteiger partial charge in [0.2, 0.25) is 0 Å². The van der Waals surface area contributed by atoms with E-state index in [1.54, 1.807) is 0 Å². The fraction of sp³-hybridized carbons (Fsp3) is 1.00. The highest BCUT2D eigenvalue weighted by molar-refractivity contribution is 4.74. The molecular formula is C8H19NO. The molecule has 0 fully saturated rings. The van der Waals surface area contributed by atoms with Gasteiger partial charge in [0.1, 0.15) is 0 Å². The molecule has 0 aliphatic rings. The van der Waals surface area contributed by atoms with Crippen LogP contribution in [0.5, 0.6) is 0 Å². The monoisotopic (exact) mass is 145 g/mol. The summed E-state index contributed by atoms with van der Waals surface area (Å²) >= 11 is 0. The van der Waals surface area contributed by atoms with Crippen molar-refractivity contribution in [3.05, 3.63) is 0 Å². The third-order valence-electron chi connectivity index (χ3n) is 2.13. The van der Waals surface area contributed by atoms with Gasteiger partial charge in [-0.1, -0.05) is 20.8 Å². The SMILES string of the molecule is CC(C)C(C)C(O)C(C)N. The molecule has 0 spiro atoms. The maximum atomic E-state index is 9.44. The van der Waals surface area contributed by atoms with E-state index in [-0.39, 0.29) is 12.1 Å². The number of hydrogen-bond acceptors (Lipinski definition) is 2. The molecule has 3 N–H and O–H groups in total. The molecule has 0 bridgehead atoms. The van der Waals surface area contributed by atoms with Gasteiger partial charge in [-0.3, -0.25) is 0 Å². The van der Waals surface area contributed by atoms with E-state index in [2.05, 4.69) is 13.8 Å². The van der Waals surface area contributed by atoms with E-state index in [0.29, 0.717) is 11.8 Å². The molecule has 3 atom stereocenters. The zero-order valence-corrected chi connectivity index (χ0v) is 7.33. The van der Waals surface area contributed by atoms with Gasteiger partial charge in [-0.15, -0.1) is 0 Å². The molecule has 0 radical (unpaired) electrons. The fourth-order valence-electron chi connectivity index (χ4n) is 0.873. The van der Waals surface area contributed by atoms with Gasteiger partial charge in [-0.2, -0.15) is 0 Å². The van der Waals surface area contributed by atoms with Crippen LogP contribution in [0.2, 0.25) is 0 Å². The zero-order valence-electron chi connectivity index (χ0n) is 7.33. The predicted molar refractivity (Wildman–Crippen MR) is 43.7 cm³/mol. The Kier molecular flexibility index (Phi) is 3.91. The van der Waals surface area contributed by atoms with Crippen molar-refractivity contribution in [2.75, 3.05) is 0 Å². The highest BCUT2D eigenvalue weighted by atomic mass is 16.3. The van der Waals surface area contributed by atoms with Gasteiger partial charge in [-0.05, 0) is 18.8 Å². The molecule has 0 aromatic rings. The molecular weight excluding hydrogens is 126 g/mol. The lowest BCUT2D eigenvalue weighted by atomic mass is 9.89. The first-order valence-corrected chi connectivity index (χ1v) is 3.90. The summed E-state index contributed by atoms with van der Waals surface area (Å²) in [5.74, 6) is 0.793. The number of rotatable bonds is 3. The molecule has 0 rings (SSSR count). The Morgan fingerprint density at radius 3 is 1.60 bits per heavy atom. The summed E-state index contributed by atoms with van der Waals surface area (Å²) in [6.45, 7) is 8.05. The summed E-state index contributed by atoms with van der Waals surface area (Å²) in [7, 11) is 0. The molecule has 0 amide bonds. The minimum Gasteiger partial charge on any atom is -0.391 e. The predicted octanol–water partition coefficient (Wildman–Crippen LogP) is 0.987. The van der Waals surface area contributed by atoms with Gasteiger partial charge in [0, 0.05) is 6.04 Å². The lowest BCUT2D eigenvalue weighted by molar-refractivity contribution is 0.0732. The largest absolute Gasteiger partial charge is 0.391 e. The summed E-state index contributed by atoms with van der Waals surface area (Å²) < 4.78 is 0. The molecule has 0 saturated heterocycles. The van der Waals surface area contributed by atoms with Crippen molar-refractivity contribution in [3.8, 4) is 0 Å². The number of aliphatic hydroxyl groups is 1. The van der Waals surface area contributed by atoms with Gasteiger partial charge >= 0.3 is 0 Å². The van der Waals surface area contributed by atoms with Crippen LogP contribution in [0.15, 0.2) is 0 Å². The Balaban J connectivity index is 3.81. The van der Waals surface area contributed by atoms with Crippen molar-refractivity contribution in [2.45, 2.75) is 39.8 Å². The fourth-order valence-corrected chi connectivity index (χ4v) is 0.873. The van der Waals surface area contributed by atoms with Crippen LogP contribution < -0.4 is 5.73 Å². The van der Waals surface area contributed by atoms with Crippen molar-refractivity contribution in [1.29, 1.82) is 0 Å². The highest BCUT2D eigenvalue weighted by Crippen LogP contribution is 2.15. The summed E-state index contributed by atoms with van der Waals surface area (Å²) in [4.78, 5) is 0. The van der Waals surface area contributed by atoms with Crippen molar-refractivity contribution >= 4 is 0 Å². The van der Waals surface area contributed by atoms with Crippen molar-refractivity contribution in [3.63, 3.8) is 0 Å². The molecule has 10 heavy (non-hydrogen) atoms. The smallest absolute Gasteiger partial charge is 0.0716 e. The quantitative estimate of drug-likeness (QED) is 0.622. The lowest BCUT2D eigenvalue weighted by Gasteiger charge is -2.24.